The number of esters is 1. The number of phenols is 1. The summed E-state index contributed by atoms with van der Waals surface area (Å²) in [5, 5.41) is 23.6. The number of oxime groups is 1. The van der Waals surface area contributed by atoms with Crippen LogP contribution in [-0.4, -0.2) is 48.3 Å². The highest BCUT2D eigenvalue weighted by molar-refractivity contribution is 6.02. The van der Waals surface area contributed by atoms with Crippen molar-refractivity contribution >= 4 is 17.4 Å². The van der Waals surface area contributed by atoms with E-state index in [2.05, 4.69) is 57.7 Å². The highest BCUT2D eigenvalue weighted by Crippen LogP contribution is 2.33. The van der Waals surface area contributed by atoms with E-state index in [-0.39, 0.29) is 23.3 Å². The van der Waals surface area contributed by atoms with Crippen molar-refractivity contribution in [3.63, 3.8) is 0 Å². The van der Waals surface area contributed by atoms with Gasteiger partial charge >= 0.3 is 5.97 Å². The topological polar surface area (TPSA) is 91.6 Å². The number of anilines is 1. The third kappa shape index (κ3) is 8.96. The molecule has 0 aromatic heterocycles. The van der Waals surface area contributed by atoms with Gasteiger partial charge in [0.25, 0.3) is 0 Å². The second kappa shape index (κ2) is 15.3. The van der Waals surface area contributed by atoms with E-state index in [9.17, 15) is 15.1 Å². The van der Waals surface area contributed by atoms with Gasteiger partial charge in [-0.1, -0.05) is 71.0 Å². The second-order valence-electron chi connectivity index (χ2n) is 10.6. The number of carbonyl (C=O) groups is 1. The quantitative estimate of drug-likeness (QED) is 0.0831. The van der Waals surface area contributed by atoms with Crippen LogP contribution in [0.4, 0.5) is 5.69 Å². The zero-order valence-corrected chi connectivity index (χ0v) is 24.0. The molecule has 7 nitrogen and oxygen atoms in total. The SMILES string of the molecule is CCCCCCCCOC(=O)c1ccc(OC/C(=N/O)c2ccc(N(CC)CC)c(C(C)(C)C)c2)cc1O. The fraction of sp³-hybridized carbons (Fsp3) is 0.548. The predicted molar refractivity (Wildman–Crippen MR) is 154 cm³/mol. The van der Waals surface area contributed by atoms with Crippen molar-refractivity contribution in [2.45, 2.75) is 85.5 Å². The number of ether oxygens (including phenoxy) is 2. The van der Waals surface area contributed by atoms with Crippen LogP contribution in [0.25, 0.3) is 0 Å². The maximum atomic E-state index is 12.4. The zero-order valence-electron chi connectivity index (χ0n) is 24.0. The Bertz CT molecular complexity index is 1050. The zero-order chi connectivity index (χ0) is 28.1. The number of hydrogen-bond donors (Lipinski definition) is 2. The van der Waals surface area contributed by atoms with Gasteiger partial charge in [0.1, 0.15) is 29.4 Å². The largest absolute Gasteiger partial charge is 0.507 e. The Morgan fingerprint density at radius 2 is 1.63 bits per heavy atom. The van der Waals surface area contributed by atoms with Gasteiger partial charge in [0, 0.05) is 30.4 Å². The third-order valence-electron chi connectivity index (χ3n) is 6.66. The van der Waals surface area contributed by atoms with E-state index in [4.69, 9.17) is 9.47 Å². The number of nitrogens with zero attached hydrogens (tertiary/aromatic N) is 2. The van der Waals surface area contributed by atoms with Crippen molar-refractivity contribution in [2.24, 2.45) is 5.16 Å². The normalized spacial score (nSPS) is 11.9. The van der Waals surface area contributed by atoms with E-state index in [0.29, 0.717) is 18.1 Å². The Kier molecular flexibility index (Phi) is 12.4. The molecule has 0 amide bonds. The number of carbonyl (C=O) groups excluding carboxylic acids is 1. The molecule has 0 fully saturated rings. The van der Waals surface area contributed by atoms with Gasteiger partial charge in [0.15, 0.2) is 0 Å². The van der Waals surface area contributed by atoms with Crippen LogP contribution < -0.4 is 9.64 Å². The molecule has 0 unspecified atom stereocenters. The Labute approximate surface area is 228 Å². The first-order valence-electron chi connectivity index (χ1n) is 13.9. The summed E-state index contributed by atoms with van der Waals surface area (Å²) in [6.45, 7) is 15.1. The summed E-state index contributed by atoms with van der Waals surface area (Å²) in [7, 11) is 0. The molecule has 2 N–H and O–H groups in total. The van der Waals surface area contributed by atoms with Crippen molar-refractivity contribution < 1.29 is 24.6 Å². The summed E-state index contributed by atoms with van der Waals surface area (Å²) in [5.41, 5.74) is 3.42. The van der Waals surface area contributed by atoms with Crippen molar-refractivity contribution in [3.8, 4) is 11.5 Å². The van der Waals surface area contributed by atoms with Gasteiger partial charge in [-0.25, -0.2) is 4.79 Å². The molecule has 2 aromatic rings. The summed E-state index contributed by atoms with van der Waals surface area (Å²) < 4.78 is 11.1. The van der Waals surface area contributed by atoms with Gasteiger partial charge < -0.3 is 24.7 Å². The maximum Gasteiger partial charge on any atom is 0.341 e. The minimum Gasteiger partial charge on any atom is -0.507 e. The van der Waals surface area contributed by atoms with Crippen LogP contribution in [0.3, 0.4) is 0 Å². The highest BCUT2D eigenvalue weighted by Gasteiger charge is 2.22. The molecule has 0 spiro atoms. The molecule has 0 aliphatic heterocycles. The molecule has 2 aromatic carbocycles. The number of rotatable bonds is 15. The Balaban J connectivity index is 2.04. The number of hydrogen-bond acceptors (Lipinski definition) is 7. The molecule has 7 heteroatoms. The maximum absolute atomic E-state index is 12.4. The van der Waals surface area contributed by atoms with Crippen LogP contribution in [0.2, 0.25) is 0 Å². The summed E-state index contributed by atoms with van der Waals surface area (Å²) in [6.07, 6.45) is 6.61. The first kappa shape index (κ1) is 31.0. The van der Waals surface area contributed by atoms with Crippen LogP contribution in [0, 0.1) is 0 Å². The molecule has 2 rings (SSSR count). The number of phenolic OH excluding ortho intramolecular Hbond substituents is 1. The summed E-state index contributed by atoms with van der Waals surface area (Å²) in [4.78, 5) is 14.7. The fourth-order valence-electron chi connectivity index (χ4n) is 4.38. The Morgan fingerprint density at radius 3 is 2.24 bits per heavy atom. The van der Waals surface area contributed by atoms with E-state index in [1.165, 1.54) is 31.4 Å². The van der Waals surface area contributed by atoms with E-state index < -0.39 is 5.97 Å². The molecule has 0 radical (unpaired) electrons. The molecule has 210 valence electrons. The van der Waals surface area contributed by atoms with Gasteiger partial charge in [-0.05, 0) is 55.5 Å². The molecule has 0 saturated carbocycles. The van der Waals surface area contributed by atoms with Crippen molar-refractivity contribution in [3.05, 3.63) is 53.1 Å². The van der Waals surface area contributed by atoms with E-state index in [1.54, 1.807) is 6.07 Å². The van der Waals surface area contributed by atoms with Crippen LogP contribution in [0.1, 0.15) is 102 Å². The molecule has 0 saturated heterocycles. The Hall–Kier alpha value is -3.22. The number of unbranched alkanes of at least 4 members (excludes halogenated alkanes) is 5. The third-order valence-corrected chi connectivity index (χ3v) is 6.66. The van der Waals surface area contributed by atoms with E-state index in [0.717, 1.165) is 49.2 Å². The molecule has 38 heavy (non-hydrogen) atoms. The highest BCUT2D eigenvalue weighted by atomic mass is 16.5. The average Bonchev–Trinajstić information content (AvgIpc) is 2.89. The molecular weight excluding hydrogens is 480 g/mol. The van der Waals surface area contributed by atoms with Gasteiger partial charge in [0.05, 0.1) is 6.61 Å². The second-order valence-corrected chi connectivity index (χ2v) is 10.6. The standard InChI is InChI=1S/C31H46N2O5/c1-7-10-11-12-13-14-19-37-30(35)25-17-16-24(21-29(25)34)38-22-27(32-36)23-15-18-28(33(8-2)9-3)26(20-23)31(4,5)6/h15-18,20-21,34,36H,7-14,19,22H2,1-6H3/b32-27-. The fourth-order valence-corrected chi connectivity index (χ4v) is 4.38. The van der Waals surface area contributed by atoms with Gasteiger partial charge in [-0.3, -0.25) is 0 Å². The molecule has 0 heterocycles. The predicted octanol–water partition coefficient (Wildman–Crippen LogP) is 7.31. The van der Waals surface area contributed by atoms with E-state index in [1.807, 2.05) is 12.1 Å². The summed E-state index contributed by atoms with van der Waals surface area (Å²) in [6, 6.07) is 10.5. The number of benzene rings is 2. The number of aromatic hydroxyl groups is 1. The van der Waals surface area contributed by atoms with Gasteiger partial charge in [0.2, 0.25) is 0 Å². The average molecular weight is 527 g/mol. The monoisotopic (exact) mass is 526 g/mol. The van der Waals surface area contributed by atoms with Gasteiger partial charge in [-0.2, -0.15) is 0 Å². The minimum absolute atomic E-state index is 0.00797. The van der Waals surface area contributed by atoms with Crippen LogP contribution in [0.5, 0.6) is 11.5 Å². The minimum atomic E-state index is -0.553. The van der Waals surface area contributed by atoms with Crippen LogP contribution in [0.15, 0.2) is 41.6 Å². The first-order valence-corrected chi connectivity index (χ1v) is 13.9. The smallest absolute Gasteiger partial charge is 0.341 e. The molecular formula is C31H46N2O5. The first-order chi connectivity index (χ1) is 18.2. The molecule has 0 aliphatic rings. The van der Waals surface area contributed by atoms with Crippen LogP contribution >= 0.6 is 0 Å². The van der Waals surface area contributed by atoms with E-state index >= 15 is 0 Å². The summed E-state index contributed by atoms with van der Waals surface area (Å²) >= 11 is 0. The van der Waals surface area contributed by atoms with Crippen molar-refractivity contribution in [2.75, 3.05) is 31.2 Å². The van der Waals surface area contributed by atoms with Crippen molar-refractivity contribution in [1.82, 2.24) is 0 Å². The Morgan fingerprint density at radius 1 is 0.947 bits per heavy atom. The van der Waals surface area contributed by atoms with Gasteiger partial charge in [-0.15, -0.1) is 0 Å². The lowest BCUT2D eigenvalue weighted by Crippen LogP contribution is -2.27. The lowest BCUT2D eigenvalue weighted by atomic mass is 9.84. The molecule has 0 atom stereocenters. The molecule has 0 bridgehead atoms. The van der Waals surface area contributed by atoms with Crippen molar-refractivity contribution in [1.29, 1.82) is 0 Å². The molecule has 0 aliphatic carbocycles. The van der Waals surface area contributed by atoms with Crippen LogP contribution in [-0.2, 0) is 10.2 Å². The lowest BCUT2D eigenvalue weighted by Gasteiger charge is -2.30. The lowest BCUT2D eigenvalue weighted by molar-refractivity contribution is 0.0494. The summed E-state index contributed by atoms with van der Waals surface area (Å²) in [5.74, 6) is -0.410.